The van der Waals surface area contributed by atoms with E-state index in [1.54, 1.807) is 6.07 Å². The van der Waals surface area contributed by atoms with E-state index in [2.05, 4.69) is 15.9 Å². The number of allylic oxidation sites excluding steroid dienone is 1. The average Bonchev–Trinajstić information content (AvgIpc) is 2.34. The van der Waals surface area contributed by atoms with Crippen LogP contribution in [0.3, 0.4) is 0 Å². The molecule has 0 spiro atoms. The van der Waals surface area contributed by atoms with E-state index in [0.29, 0.717) is 17.9 Å². The van der Waals surface area contributed by atoms with Crippen LogP contribution >= 0.6 is 15.9 Å². The quantitative estimate of drug-likeness (QED) is 0.493. The van der Waals surface area contributed by atoms with Crippen LogP contribution in [-0.4, -0.2) is 11.9 Å². The molecule has 94 valence electrons. The number of rotatable bonds is 4. The van der Waals surface area contributed by atoms with Crippen LogP contribution < -0.4 is 10.4 Å². The molecular weight excluding hydrogens is 296 g/mol. The average molecular weight is 309 g/mol. The molecule has 18 heavy (non-hydrogen) atoms. The van der Waals surface area contributed by atoms with Crippen molar-refractivity contribution in [1.82, 2.24) is 0 Å². The molecule has 4 heteroatoms. The van der Waals surface area contributed by atoms with Crippen LogP contribution in [-0.2, 0) is 0 Å². The number of aryl methyl sites for hydroxylation is 1. The van der Waals surface area contributed by atoms with Crippen molar-refractivity contribution >= 4 is 26.9 Å². The van der Waals surface area contributed by atoms with Crippen molar-refractivity contribution in [3.8, 4) is 5.75 Å². The third-order valence-electron chi connectivity index (χ3n) is 2.52. The van der Waals surface area contributed by atoms with Gasteiger partial charge in [-0.1, -0.05) is 28.1 Å². The lowest BCUT2D eigenvalue weighted by Crippen LogP contribution is -1.98. The summed E-state index contributed by atoms with van der Waals surface area (Å²) in [5.41, 5.74) is 1.13. The van der Waals surface area contributed by atoms with E-state index in [-0.39, 0.29) is 5.63 Å². The van der Waals surface area contributed by atoms with Crippen LogP contribution in [0.4, 0.5) is 0 Å². The van der Waals surface area contributed by atoms with Crippen molar-refractivity contribution in [3.63, 3.8) is 0 Å². The van der Waals surface area contributed by atoms with Crippen LogP contribution in [0.2, 0.25) is 0 Å². The number of ether oxygens (including phenoxy) is 1. The molecule has 0 fully saturated rings. The summed E-state index contributed by atoms with van der Waals surface area (Å²) in [5.74, 6) is 0.690. The van der Waals surface area contributed by atoms with Crippen molar-refractivity contribution in [1.29, 1.82) is 0 Å². The van der Waals surface area contributed by atoms with Gasteiger partial charge in [-0.2, -0.15) is 0 Å². The molecule has 0 aliphatic rings. The molecule has 0 N–H and O–H groups in total. The van der Waals surface area contributed by atoms with Crippen LogP contribution in [0.5, 0.6) is 5.75 Å². The lowest BCUT2D eigenvalue weighted by Gasteiger charge is -2.05. The van der Waals surface area contributed by atoms with Gasteiger partial charge in [-0.15, -0.1) is 0 Å². The number of fused-ring (bicyclic) bond motifs is 1. The maximum Gasteiger partial charge on any atom is 0.336 e. The molecule has 0 radical (unpaired) electrons. The Hall–Kier alpha value is -1.55. The zero-order valence-electron chi connectivity index (χ0n) is 9.98. The van der Waals surface area contributed by atoms with Gasteiger partial charge >= 0.3 is 5.63 Å². The monoisotopic (exact) mass is 308 g/mol. The number of halogens is 1. The van der Waals surface area contributed by atoms with E-state index >= 15 is 0 Å². The van der Waals surface area contributed by atoms with Gasteiger partial charge in [-0.05, 0) is 24.6 Å². The molecule has 2 rings (SSSR count). The molecule has 1 aromatic carbocycles. The van der Waals surface area contributed by atoms with Crippen molar-refractivity contribution in [2.75, 3.05) is 11.9 Å². The van der Waals surface area contributed by atoms with E-state index in [0.717, 1.165) is 16.3 Å². The molecule has 0 aliphatic carbocycles. The van der Waals surface area contributed by atoms with Crippen LogP contribution in [0.25, 0.3) is 11.0 Å². The van der Waals surface area contributed by atoms with Crippen molar-refractivity contribution < 1.29 is 9.15 Å². The fraction of sp³-hybridized carbons (Fsp3) is 0.214. The largest absolute Gasteiger partial charge is 0.489 e. The second-order valence-electron chi connectivity index (χ2n) is 3.84. The molecule has 2 aromatic rings. The Labute approximate surface area is 113 Å². The molecule has 1 aromatic heterocycles. The molecule has 0 saturated heterocycles. The second-order valence-corrected chi connectivity index (χ2v) is 4.49. The fourth-order valence-corrected chi connectivity index (χ4v) is 1.93. The maximum atomic E-state index is 11.3. The first-order valence-corrected chi connectivity index (χ1v) is 6.71. The minimum Gasteiger partial charge on any atom is -0.489 e. The van der Waals surface area contributed by atoms with Crippen LogP contribution in [0, 0.1) is 6.92 Å². The summed E-state index contributed by atoms with van der Waals surface area (Å²) < 4.78 is 10.7. The zero-order valence-corrected chi connectivity index (χ0v) is 11.6. The third kappa shape index (κ3) is 3.01. The van der Waals surface area contributed by atoms with Gasteiger partial charge in [0.1, 0.15) is 17.9 Å². The third-order valence-corrected chi connectivity index (χ3v) is 2.90. The first-order valence-electron chi connectivity index (χ1n) is 5.59. The van der Waals surface area contributed by atoms with Gasteiger partial charge in [0.25, 0.3) is 0 Å². The highest BCUT2D eigenvalue weighted by atomic mass is 79.9. The Morgan fingerprint density at radius 3 is 2.94 bits per heavy atom. The summed E-state index contributed by atoms with van der Waals surface area (Å²) in [6.45, 7) is 2.38. The van der Waals surface area contributed by atoms with Crippen LogP contribution in [0.15, 0.2) is 45.6 Å². The highest BCUT2D eigenvalue weighted by Gasteiger charge is 2.03. The fourth-order valence-electron chi connectivity index (χ4n) is 1.67. The van der Waals surface area contributed by atoms with E-state index in [1.807, 2.05) is 31.2 Å². The number of alkyl halides is 1. The van der Waals surface area contributed by atoms with Gasteiger partial charge in [0.2, 0.25) is 0 Å². The van der Waals surface area contributed by atoms with Crippen molar-refractivity contribution in [3.05, 3.63) is 52.4 Å². The van der Waals surface area contributed by atoms with E-state index in [9.17, 15) is 4.79 Å². The van der Waals surface area contributed by atoms with Gasteiger partial charge in [-0.3, -0.25) is 0 Å². The van der Waals surface area contributed by atoms with Crippen molar-refractivity contribution in [2.45, 2.75) is 6.92 Å². The Morgan fingerprint density at radius 1 is 1.33 bits per heavy atom. The van der Waals surface area contributed by atoms with E-state index in [1.165, 1.54) is 6.07 Å². The smallest absolute Gasteiger partial charge is 0.336 e. The first-order chi connectivity index (χ1) is 8.70. The summed E-state index contributed by atoms with van der Waals surface area (Å²) in [6.07, 6.45) is 3.89. The Bertz CT molecular complexity index is 628. The molecule has 3 nitrogen and oxygen atoms in total. The predicted molar refractivity (Wildman–Crippen MR) is 75.7 cm³/mol. The number of hydrogen-bond acceptors (Lipinski definition) is 3. The maximum absolute atomic E-state index is 11.3. The van der Waals surface area contributed by atoms with Crippen molar-refractivity contribution in [2.24, 2.45) is 0 Å². The zero-order chi connectivity index (χ0) is 13.0. The second kappa shape index (κ2) is 5.87. The standard InChI is InChI=1S/C14H13BrO3/c1-10-8-14(16)18-13-9-11(4-5-12(10)13)17-7-3-2-6-15/h2-5,8-9H,6-7H2,1H3/b3-2+. The molecular formula is C14H13BrO3. The molecule has 0 saturated carbocycles. The highest BCUT2D eigenvalue weighted by molar-refractivity contribution is 9.09. The lowest BCUT2D eigenvalue weighted by atomic mass is 10.1. The lowest BCUT2D eigenvalue weighted by molar-refractivity contribution is 0.362. The summed E-state index contributed by atoms with van der Waals surface area (Å²) >= 11 is 3.29. The van der Waals surface area contributed by atoms with Gasteiger partial charge in [-0.25, -0.2) is 4.79 Å². The Morgan fingerprint density at radius 2 is 2.17 bits per heavy atom. The summed E-state index contributed by atoms with van der Waals surface area (Å²) in [7, 11) is 0. The highest BCUT2D eigenvalue weighted by Crippen LogP contribution is 2.22. The SMILES string of the molecule is Cc1cc(=O)oc2cc(OC/C=C/CBr)ccc12. The van der Waals surface area contributed by atoms with Gasteiger partial charge in [0, 0.05) is 22.8 Å². The molecule has 0 amide bonds. The molecule has 1 heterocycles. The minimum atomic E-state index is -0.337. The minimum absolute atomic E-state index is 0.337. The van der Waals surface area contributed by atoms with E-state index in [4.69, 9.17) is 9.15 Å². The number of benzene rings is 1. The summed E-state index contributed by atoms with van der Waals surface area (Å²) in [6, 6.07) is 7.00. The van der Waals surface area contributed by atoms with Gasteiger partial charge in [0.05, 0.1) is 0 Å². The molecule has 0 unspecified atom stereocenters. The molecule has 0 aliphatic heterocycles. The van der Waals surface area contributed by atoms with Crippen LogP contribution in [0.1, 0.15) is 5.56 Å². The normalized spacial score (nSPS) is 11.2. The summed E-state index contributed by atoms with van der Waals surface area (Å²) in [4.78, 5) is 11.3. The Kier molecular flexibility index (Phi) is 4.20. The molecule has 0 bridgehead atoms. The van der Waals surface area contributed by atoms with E-state index < -0.39 is 0 Å². The summed E-state index contributed by atoms with van der Waals surface area (Å²) in [5, 5.41) is 1.74. The molecule has 0 atom stereocenters. The first kappa shape index (κ1) is 12.9. The predicted octanol–water partition coefficient (Wildman–Crippen LogP) is 3.43. The van der Waals surface area contributed by atoms with Gasteiger partial charge in [0.15, 0.2) is 0 Å². The topological polar surface area (TPSA) is 39.4 Å². The van der Waals surface area contributed by atoms with Gasteiger partial charge < -0.3 is 9.15 Å². The Balaban J connectivity index is 2.27. The number of hydrogen-bond donors (Lipinski definition) is 0.